The van der Waals surface area contributed by atoms with Gasteiger partial charge in [-0.2, -0.15) is 0 Å². The summed E-state index contributed by atoms with van der Waals surface area (Å²) < 4.78 is 0.835. The molecule has 100 valence electrons. The molecule has 0 unspecified atom stereocenters. The van der Waals surface area contributed by atoms with Crippen molar-refractivity contribution in [2.75, 3.05) is 0 Å². The molecule has 3 aromatic rings. The largest absolute Gasteiger partial charge is 0.354 e. The number of halogens is 1. The Bertz CT molecular complexity index is 850. The predicted molar refractivity (Wildman–Crippen MR) is 87.2 cm³/mol. The number of fused-ring (bicyclic) bond motifs is 1. The zero-order valence-electron chi connectivity index (χ0n) is 11.3. The van der Waals surface area contributed by atoms with Gasteiger partial charge in [-0.25, -0.2) is 0 Å². The summed E-state index contributed by atoms with van der Waals surface area (Å²) in [5.41, 5.74) is 4.71. The maximum Gasteiger partial charge on any atom is 0.194 e. The van der Waals surface area contributed by atoms with Gasteiger partial charge in [0.15, 0.2) is 5.43 Å². The molecule has 1 N–H and O–H groups in total. The molecule has 2 aromatic carbocycles. The zero-order valence-corrected chi connectivity index (χ0v) is 12.9. The number of pyridine rings is 1. The van der Waals surface area contributed by atoms with E-state index in [0.29, 0.717) is 0 Å². The van der Waals surface area contributed by atoms with Crippen LogP contribution >= 0.6 is 15.9 Å². The third-order valence-corrected chi connectivity index (χ3v) is 4.28. The van der Waals surface area contributed by atoms with Crippen LogP contribution < -0.4 is 5.43 Å². The van der Waals surface area contributed by atoms with Gasteiger partial charge < -0.3 is 4.98 Å². The molecule has 0 aliphatic carbocycles. The highest BCUT2D eigenvalue weighted by Gasteiger charge is 2.13. The average molecular weight is 328 g/mol. The Kier molecular flexibility index (Phi) is 3.22. The number of aromatic amines is 1. The van der Waals surface area contributed by atoms with Crippen molar-refractivity contribution in [1.82, 2.24) is 4.98 Å². The first-order valence-electron chi connectivity index (χ1n) is 6.46. The maximum absolute atomic E-state index is 12.6. The summed E-state index contributed by atoms with van der Waals surface area (Å²) in [5.74, 6) is 0. The summed E-state index contributed by atoms with van der Waals surface area (Å²) in [6.07, 6.45) is 0. The SMILES string of the molecule is Cc1c(-c2ccccc2)[nH]c2c(C)ccc(Br)c2c1=O. The smallest absolute Gasteiger partial charge is 0.194 e. The van der Waals surface area contributed by atoms with Gasteiger partial charge in [-0.1, -0.05) is 36.4 Å². The van der Waals surface area contributed by atoms with Crippen molar-refractivity contribution in [1.29, 1.82) is 0 Å². The minimum Gasteiger partial charge on any atom is -0.354 e. The standard InChI is InChI=1S/C17H14BrNO/c1-10-8-9-13(18)14-15(10)19-16(11(2)17(14)20)12-6-4-3-5-7-12/h3-9H,1-2H3,(H,19,20). The van der Waals surface area contributed by atoms with E-state index in [4.69, 9.17) is 0 Å². The molecule has 2 nitrogen and oxygen atoms in total. The van der Waals surface area contributed by atoms with Crippen LogP contribution in [0.1, 0.15) is 11.1 Å². The van der Waals surface area contributed by atoms with Crippen LogP contribution in [0.5, 0.6) is 0 Å². The molecule has 1 aromatic heterocycles. The van der Waals surface area contributed by atoms with Crippen LogP contribution in [0.2, 0.25) is 0 Å². The van der Waals surface area contributed by atoms with Crippen LogP contribution in [0.15, 0.2) is 51.7 Å². The second-order valence-corrected chi connectivity index (χ2v) is 5.79. The highest BCUT2D eigenvalue weighted by atomic mass is 79.9. The Morgan fingerprint density at radius 1 is 1.00 bits per heavy atom. The van der Waals surface area contributed by atoms with Gasteiger partial charge in [0.25, 0.3) is 0 Å². The van der Waals surface area contributed by atoms with Crippen LogP contribution in [0, 0.1) is 13.8 Å². The molecule has 0 aliphatic heterocycles. The van der Waals surface area contributed by atoms with Crippen LogP contribution in [-0.4, -0.2) is 4.98 Å². The van der Waals surface area contributed by atoms with Gasteiger partial charge in [-0.15, -0.1) is 0 Å². The van der Waals surface area contributed by atoms with Gasteiger partial charge in [-0.05, 0) is 47.0 Å². The summed E-state index contributed by atoms with van der Waals surface area (Å²) >= 11 is 3.48. The summed E-state index contributed by atoms with van der Waals surface area (Å²) in [7, 11) is 0. The lowest BCUT2D eigenvalue weighted by Gasteiger charge is -2.11. The molecule has 3 rings (SSSR count). The molecule has 0 radical (unpaired) electrons. The lowest BCUT2D eigenvalue weighted by atomic mass is 10.0. The third kappa shape index (κ3) is 1.98. The Morgan fingerprint density at radius 3 is 2.40 bits per heavy atom. The van der Waals surface area contributed by atoms with E-state index in [-0.39, 0.29) is 5.43 Å². The van der Waals surface area contributed by atoms with Gasteiger partial charge in [0.2, 0.25) is 0 Å². The Morgan fingerprint density at radius 2 is 1.70 bits per heavy atom. The van der Waals surface area contributed by atoms with E-state index in [1.165, 1.54) is 0 Å². The minimum atomic E-state index is 0.0770. The van der Waals surface area contributed by atoms with Gasteiger partial charge in [0.05, 0.1) is 16.6 Å². The quantitative estimate of drug-likeness (QED) is 0.697. The van der Waals surface area contributed by atoms with Crippen LogP contribution in [0.25, 0.3) is 22.2 Å². The van der Waals surface area contributed by atoms with Crippen molar-refractivity contribution in [3.05, 3.63) is 68.3 Å². The fraction of sp³-hybridized carbons (Fsp3) is 0.118. The fourth-order valence-electron chi connectivity index (χ4n) is 2.48. The summed E-state index contributed by atoms with van der Waals surface area (Å²) in [6.45, 7) is 3.88. The zero-order chi connectivity index (χ0) is 14.3. The summed E-state index contributed by atoms with van der Waals surface area (Å²) in [5, 5.41) is 0.724. The molecule has 0 spiro atoms. The number of benzene rings is 2. The summed E-state index contributed by atoms with van der Waals surface area (Å²) in [4.78, 5) is 16.1. The molecule has 0 saturated heterocycles. The van der Waals surface area contributed by atoms with Crippen molar-refractivity contribution in [2.45, 2.75) is 13.8 Å². The number of nitrogens with one attached hydrogen (secondary N) is 1. The second-order valence-electron chi connectivity index (χ2n) is 4.93. The van der Waals surface area contributed by atoms with E-state index in [1.54, 1.807) is 0 Å². The van der Waals surface area contributed by atoms with Gasteiger partial charge in [-0.3, -0.25) is 4.79 Å². The molecule has 0 bridgehead atoms. The highest BCUT2D eigenvalue weighted by Crippen LogP contribution is 2.27. The Balaban J connectivity index is 2.46. The van der Waals surface area contributed by atoms with E-state index in [9.17, 15) is 4.79 Å². The Labute approximate surface area is 125 Å². The van der Waals surface area contributed by atoms with Gasteiger partial charge in [0.1, 0.15) is 0 Å². The van der Waals surface area contributed by atoms with E-state index >= 15 is 0 Å². The second kappa shape index (κ2) is 4.91. The lowest BCUT2D eigenvalue weighted by molar-refractivity contribution is 1.28. The molecule has 0 amide bonds. The normalized spacial score (nSPS) is 10.9. The first-order chi connectivity index (χ1) is 9.59. The first kappa shape index (κ1) is 13.1. The number of aromatic nitrogens is 1. The molecule has 0 fully saturated rings. The first-order valence-corrected chi connectivity index (χ1v) is 7.26. The molecule has 0 aliphatic rings. The van der Waals surface area contributed by atoms with Crippen molar-refractivity contribution < 1.29 is 0 Å². The Hall–Kier alpha value is -1.87. The average Bonchev–Trinajstić information content (AvgIpc) is 2.47. The van der Waals surface area contributed by atoms with Crippen molar-refractivity contribution in [3.63, 3.8) is 0 Å². The van der Waals surface area contributed by atoms with Crippen molar-refractivity contribution >= 4 is 26.8 Å². The number of rotatable bonds is 1. The third-order valence-electron chi connectivity index (χ3n) is 3.62. The van der Waals surface area contributed by atoms with E-state index in [2.05, 4.69) is 20.9 Å². The minimum absolute atomic E-state index is 0.0770. The van der Waals surface area contributed by atoms with E-state index in [1.807, 2.05) is 56.3 Å². The molecular formula is C17H14BrNO. The molecule has 1 heterocycles. The number of H-pyrrole nitrogens is 1. The van der Waals surface area contributed by atoms with Crippen LogP contribution in [0.4, 0.5) is 0 Å². The maximum atomic E-state index is 12.6. The van der Waals surface area contributed by atoms with E-state index < -0.39 is 0 Å². The van der Waals surface area contributed by atoms with Crippen LogP contribution in [0.3, 0.4) is 0 Å². The van der Waals surface area contributed by atoms with Crippen LogP contribution in [-0.2, 0) is 0 Å². The number of hydrogen-bond donors (Lipinski definition) is 1. The molecule has 0 saturated carbocycles. The summed E-state index contributed by atoms with van der Waals surface area (Å²) in [6, 6.07) is 13.9. The molecular weight excluding hydrogens is 314 g/mol. The number of aryl methyl sites for hydroxylation is 1. The molecule has 20 heavy (non-hydrogen) atoms. The van der Waals surface area contributed by atoms with E-state index in [0.717, 1.165) is 37.8 Å². The number of hydrogen-bond acceptors (Lipinski definition) is 1. The fourth-order valence-corrected chi connectivity index (χ4v) is 2.99. The topological polar surface area (TPSA) is 32.9 Å². The lowest BCUT2D eigenvalue weighted by Crippen LogP contribution is -2.10. The highest BCUT2D eigenvalue weighted by molar-refractivity contribution is 9.10. The van der Waals surface area contributed by atoms with Gasteiger partial charge in [0, 0.05) is 10.0 Å². The van der Waals surface area contributed by atoms with Crippen molar-refractivity contribution in [2.24, 2.45) is 0 Å². The monoisotopic (exact) mass is 327 g/mol. The van der Waals surface area contributed by atoms with Gasteiger partial charge >= 0.3 is 0 Å². The van der Waals surface area contributed by atoms with Crippen molar-refractivity contribution in [3.8, 4) is 11.3 Å². The predicted octanol–water partition coefficient (Wildman–Crippen LogP) is 4.57. The molecule has 0 atom stereocenters. The molecule has 3 heteroatoms.